The fourth-order valence-corrected chi connectivity index (χ4v) is 3.03. The van der Waals surface area contributed by atoms with Crippen molar-refractivity contribution in [1.82, 2.24) is 9.97 Å². The zero-order chi connectivity index (χ0) is 16.9. The van der Waals surface area contributed by atoms with E-state index in [-0.39, 0.29) is 5.91 Å². The molecule has 1 fully saturated rings. The number of rotatable bonds is 4. The van der Waals surface area contributed by atoms with E-state index in [0.29, 0.717) is 11.6 Å². The second-order valence-electron chi connectivity index (χ2n) is 6.50. The summed E-state index contributed by atoms with van der Waals surface area (Å²) in [5.41, 5.74) is 2.29. The van der Waals surface area contributed by atoms with Crippen LogP contribution in [0.25, 0.3) is 0 Å². The van der Waals surface area contributed by atoms with Gasteiger partial charge in [-0.25, -0.2) is 9.97 Å². The van der Waals surface area contributed by atoms with E-state index in [2.05, 4.69) is 34.0 Å². The summed E-state index contributed by atoms with van der Waals surface area (Å²) < 4.78 is 0. The largest absolute Gasteiger partial charge is 0.355 e. The van der Waals surface area contributed by atoms with Gasteiger partial charge in [-0.05, 0) is 36.8 Å². The third-order valence-corrected chi connectivity index (χ3v) is 4.38. The van der Waals surface area contributed by atoms with Crippen LogP contribution in [0.15, 0.2) is 36.7 Å². The first-order valence-electron chi connectivity index (χ1n) is 8.62. The standard InChI is InChI=1S/C19H24N4O/c1-14(2)15-8-4-5-9-16(15)22-19(24)17-12-21-18(13-20-17)23-10-6-3-7-11-23/h4-5,8-9,12-14H,3,6-7,10-11H2,1-2H3,(H,22,24). The molecule has 0 saturated carbocycles. The molecule has 2 heterocycles. The molecule has 5 nitrogen and oxygen atoms in total. The molecule has 126 valence electrons. The van der Waals surface area contributed by atoms with Gasteiger partial charge < -0.3 is 10.2 Å². The van der Waals surface area contributed by atoms with Crippen LogP contribution in [0.3, 0.4) is 0 Å². The lowest BCUT2D eigenvalue weighted by Gasteiger charge is -2.27. The van der Waals surface area contributed by atoms with Crippen LogP contribution in [0.1, 0.15) is 55.1 Å². The van der Waals surface area contributed by atoms with E-state index >= 15 is 0 Å². The van der Waals surface area contributed by atoms with Gasteiger partial charge in [0.05, 0.1) is 12.4 Å². The molecule has 1 saturated heterocycles. The number of benzene rings is 1. The van der Waals surface area contributed by atoms with Crippen LogP contribution in [-0.2, 0) is 0 Å². The monoisotopic (exact) mass is 324 g/mol. The van der Waals surface area contributed by atoms with Crippen LogP contribution in [0, 0.1) is 0 Å². The number of nitrogens with one attached hydrogen (secondary N) is 1. The van der Waals surface area contributed by atoms with Crippen molar-refractivity contribution in [2.45, 2.75) is 39.0 Å². The Labute approximate surface area is 143 Å². The summed E-state index contributed by atoms with van der Waals surface area (Å²) >= 11 is 0. The van der Waals surface area contributed by atoms with Crippen LogP contribution < -0.4 is 10.2 Å². The maximum Gasteiger partial charge on any atom is 0.275 e. The Kier molecular flexibility index (Phi) is 5.08. The van der Waals surface area contributed by atoms with Crippen molar-refractivity contribution in [3.63, 3.8) is 0 Å². The summed E-state index contributed by atoms with van der Waals surface area (Å²) in [6, 6.07) is 7.86. The van der Waals surface area contributed by atoms with E-state index in [1.165, 1.54) is 19.3 Å². The van der Waals surface area contributed by atoms with Crippen molar-refractivity contribution in [2.75, 3.05) is 23.3 Å². The molecule has 1 amide bonds. The van der Waals surface area contributed by atoms with E-state index in [4.69, 9.17) is 0 Å². The first-order chi connectivity index (χ1) is 11.6. The number of amides is 1. The Bertz CT molecular complexity index is 691. The van der Waals surface area contributed by atoms with Crippen LogP contribution in [0.2, 0.25) is 0 Å². The number of carbonyl (C=O) groups excluding carboxylic acids is 1. The van der Waals surface area contributed by atoms with Gasteiger partial charge in [-0.15, -0.1) is 0 Å². The van der Waals surface area contributed by atoms with Gasteiger partial charge in [0, 0.05) is 18.8 Å². The number of aromatic nitrogens is 2. The molecule has 1 aromatic heterocycles. The number of carbonyl (C=O) groups is 1. The van der Waals surface area contributed by atoms with Crippen molar-refractivity contribution >= 4 is 17.4 Å². The summed E-state index contributed by atoms with van der Waals surface area (Å²) in [6.45, 7) is 6.25. The van der Waals surface area contributed by atoms with Gasteiger partial charge in [-0.2, -0.15) is 0 Å². The number of hydrogen-bond donors (Lipinski definition) is 1. The van der Waals surface area contributed by atoms with Crippen LogP contribution in [0.5, 0.6) is 0 Å². The molecule has 5 heteroatoms. The lowest BCUT2D eigenvalue weighted by Crippen LogP contribution is -2.30. The normalized spacial score (nSPS) is 14.7. The van der Waals surface area contributed by atoms with E-state index in [1.54, 1.807) is 12.4 Å². The number of anilines is 2. The van der Waals surface area contributed by atoms with Crippen molar-refractivity contribution in [3.8, 4) is 0 Å². The fourth-order valence-electron chi connectivity index (χ4n) is 3.03. The zero-order valence-corrected chi connectivity index (χ0v) is 14.3. The molecule has 0 atom stereocenters. The molecule has 0 spiro atoms. The predicted molar refractivity (Wildman–Crippen MR) is 96.6 cm³/mol. The Balaban J connectivity index is 1.71. The van der Waals surface area contributed by atoms with Crippen molar-refractivity contribution < 1.29 is 4.79 Å². The van der Waals surface area contributed by atoms with Gasteiger partial charge in [0.2, 0.25) is 0 Å². The molecule has 1 aliphatic heterocycles. The maximum atomic E-state index is 12.4. The van der Waals surface area contributed by atoms with Gasteiger partial charge in [-0.3, -0.25) is 4.79 Å². The molecule has 1 aromatic carbocycles. The van der Waals surface area contributed by atoms with Crippen molar-refractivity contribution in [3.05, 3.63) is 47.9 Å². The first kappa shape index (κ1) is 16.4. The molecule has 0 aliphatic carbocycles. The predicted octanol–water partition coefficient (Wildman–Crippen LogP) is 3.84. The lowest BCUT2D eigenvalue weighted by atomic mass is 10.0. The first-order valence-corrected chi connectivity index (χ1v) is 8.62. The molecular formula is C19H24N4O. The van der Waals surface area contributed by atoms with Gasteiger partial charge in [0.25, 0.3) is 5.91 Å². The Morgan fingerprint density at radius 1 is 1.08 bits per heavy atom. The Hall–Kier alpha value is -2.43. The summed E-state index contributed by atoms with van der Waals surface area (Å²) in [6.07, 6.45) is 6.93. The third-order valence-electron chi connectivity index (χ3n) is 4.38. The summed E-state index contributed by atoms with van der Waals surface area (Å²) in [4.78, 5) is 23.4. The molecule has 0 radical (unpaired) electrons. The minimum absolute atomic E-state index is 0.221. The Morgan fingerprint density at radius 3 is 2.50 bits per heavy atom. The molecule has 1 N–H and O–H groups in total. The number of piperidine rings is 1. The topological polar surface area (TPSA) is 58.1 Å². The van der Waals surface area contributed by atoms with Gasteiger partial charge in [0.1, 0.15) is 11.5 Å². The second-order valence-corrected chi connectivity index (χ2v) is 6.50. The minimum atomic E-state index is -0.221. The molecule has 0 bridgehead atoms. The van der Waals surface area contributed by atoms with Gasteiger partial charge in [0.15, 0.2) is 0 Å². The zero-order valence-electron chi connectivity index (χ0n) is 14.3. The molecule has 3 rings (SSSR count). The summed E-state index contributed by atoms with van der Waals surface area (Å²) in [5.74, 6) is 0.976. The number of nitrogens with zero attached hydrogens (tertiary/aromatic N) is 3. The molecule has 24 heavy (non-hydrogen) atoms. The smallest absolute Gasteiger partial charge is 0.275 e. The fraction of sp³-hybridized carbons (Fsp3) is 0.421. The lowest BCUT2D eigenvalue weighted by molar-refractivity contribution is 0.102. The van der Waals surface area contributed by atoms with E-state index in [1.807, 2.05) is 24.3 Å². The van der Waals surface area contributed by atoms with Crippen molar-refractivity contribution in [2.24, 2.45) is 0 Å². The van der Waals surface area contributed by atoms with Crippen LogP contribution in [-0.4, -0.2) is 29.0 Å². The molecular weight excluding hydrogens is 300 g/mol. The van der Waals surface area contributed by atoms with Gasteiger partial charge >= 0.3 is 0 Å². The number of hydrogen-bond acceptors (Lipinski definition) is 4. The van der Waals surface area contributed by atoms with Crippen molar-refractivity contribution in [1.29, 1.82) is 0 Å². The van der Waals surface area contributed by atoms with E-state index in [0.717, 1.165) is 30.2 Å². The SMILES string of the molecule is CC(C)c1ccccc1NC(=O)c1cnc(N2CCCCC2)cn1. The Morgan fingerprint density at radius 2 is 1.83 bits per heavy atom. The second kappa shape index (κ2) is 7.43. The average Bonchev–Trinajstić information content (AvgIpc) is 2.63. The quantitative estimate of drug-likeness (QED) is 0.928. The maximum absolute atomic E-state index is 12.4. The summed E-state index contributed by atoms with van der Waals surface area (Å²) in [5, 5.41) is 2.95. The summed E-state index contributed by atoms with van der Waals surface area (Å²) in [7, 11) is 0. The molecule has 2 aromatic rings. The van der Waals surface area contributed by atoms with Crippen LogP contribution in [0.4, 0.5) is 11.5 Å². The highest BCUT2D eigenvalue weighted by Gasteiger charge is 2.15. The van der Waals surface area contributed by atoms with Gasteiger partial charge in [-0.1, -0.05) is 32.0 Å². The minimum Gasteiger partial charge on any atom is -0.355 e. The number of para-hydroxylation sites is 1. The highest BCUT2D eigenvalue weighted by Crippen LogP contribution is 2.24. The van der Waals surface area contributed by atoms with E-state index < -0.39 is 0 Å². The third kappa shape index (κ3) is 3.72. The molecule has 0 unspecified atom stereocenters. The van der Waals surface area contributed by atoms with E-state index in [9.17, 15) is 4.79 Å². The molecule has 1 aliphatic rings. The average molecular weight is 324 g/mol. The highest BCUT2D eigenvalue weighted by atomic mass is 16.1. The highest BCUT2D eigenvalue weighted by molar-refractivity contribution is 6.03. The van der Waals surface area contributed by atoms with Crippen LogP contribution >= 0.6 is 0 Å².